The molecule has 0 aliphatic carbocycles. The topological polar surface area (TPSA) is 69.7 Å². The predicted octanol–water partition coefficient (Wildman–Crippen LogP) is 3.13. The van der Waals surface area contributed by atoms with Gasteiger partial charge in [-0.2, -0.15) is 0 Å². The number of carbonyl (C=O) groups is 3. The second kappa shape index (κ2) is 9.73. The van der Waals surface area contributed by atoms with Gasteiger partial charge in [0, 0.05) is 43.0 Å². The monoisotopic (exact) mass is 425 g/mol. The van der Waals surface area contributed by atoms with Gasteiger partial charge in [-0.3, -0.25) is 14.4 Å². The van der Waals surface area contributed by atoms with Crippen molar-refractivity contribution in [3.63, 3.8) is 0 Å². The molecule has 1 unspecified atom stereocenters. The first-order valence-electron chi connectivity index (χ1n) is 10.5. The van der Waals surface area contributed by atoms with E-state index in [0.29, 0.717) is 37.3 Å². The molecule has 2 aromatic rings. The van der Waals surface area contributed by atoms with E-state index in [9.17, 15) is 18.8 Å². The molecule has 164 valence electrons. The van der Waals surface area contributed by atoms with Crippen LogP contribution in [0.4, 0.5) is 10.1 Å². The Bertz CT molecular complexity index is 934. The van der Waals surface area contributed by atoms with E-state index in [1.807, 2.05) is 38.1 Å². The molecule has 0 radical (unpaired) electrons. The second-order valence-electron chi connectivity index (χ2n) is 8.12. The Labute approximate surface area is 182 Å². The third-order valence-electron chi connectivity index (χ3n) is 5.56. The van der Waals surface area contributed by atoms with Gasteiger partial charge in [-0.15, -0.1) is 0 Å². The lowest BCUT2D eigenvalue weighted by Crippen LogP contribution is -2.56. The van der Waals surface area contributed by atoms with Crippen LogP contribution in [0.25, 0.3) is 0 Å². The fourth-order valence-corrected chi connectivity index (χ4v) is 3.63. The molecule has 31 heavy (non-hydrogen) atoms. The van der Waals surface area contributed by atoms with Gasteiger partial charge < -0.3 is 15.1 Å². The van der Waals surface area contributed by atoms with Crippen molar-refractivity contribution in [3.8, 4) is 0 Å². The number of hydrogen-bond donors (Lipinski definition) is 1. The van der Waals surface area contributed by atoms with Crippen LogP contribution in [0.1, 0.15) is 41.5 Å². The Kier molecular flexibility index (Phi) is 7.05. The molecule has 0 saturated carbocycles. The first-order valence-corrected chi connectivity index (χ1v) is 10.5. The molecule has 2 aromatic carbocycles. The van der Waals surface area contributed by atoms with E-state index in [2.05, 4.69) is 10.2 Å². The molecule has 1 aliphatic rings. The normalized spacial score (nSPS) is 15.0. The highest BCUT2D eigenvalue weighted by atomic mass is 19.1. The summed E-state index contributed by atoms with van der Waals surface area (Å²) >= 11 is 0. The van der Waals surface area contributed by atoms with E-state index in [1.165, 1.54) is 24.3 Å². The van der Waals surface area contributed by atoms with Gasteiger partial charge in [0.2, 0.25) is 5.91 Å². The van der Waals surface area contributed by atoms with Gasteiger partial charge in [-0.05, 0) is 61.4 Å². The van der Waals surface area contributed by atoms with Gasteiger partial charge in [-0.1, -0.05) is 13.8 Å². The maximum atomic E-state index is 13.1. The third-order valence-corrected chi connectivity index (χ3v) is 5.56. The highest BCUT2D eigenvalue weighted by molar-refractivity contribution is 5.97. The molecular weight excluding hydrogens is 397 g/mol. The van der Waals surface area contributed by atoms with Crippen molar-refractivity contribution in [2.75, 3.05) is 31.1 Å². The Hall–Kier alpha value is -3.22. The van der Waals surface area contributed by atoms with Crippen LogP contribution in [0.15, 0.2) is 48.5 Å². The Balaban J connectivity index is 1.61. The fourth-order valence-electron chi connectivity index (χ4n) is 3.63. The lowest BCUT2D eigenvalue weighted by molar-refractivity contribution is -0.134. The number of piperazine rings is 1. The Morgan fingerprint density at radius 2 is 1.42 bits per heavy atom. The van der Waals surface area contributed by atoms with Crippen LogP contribution in [0.5, 0.6) is 0 Å². The van der Waals surface area contributed by atoms with E-state index in [-0.39, 0.29) is 17.6 Å². The third kappa shape index (κ3) is 5.48. The summed E-state index contributed by atoms with van der Waals surface area (Å²) in [5.74, 6) is -0.978. The molecule has 2 amide bonds. The van der Waals surface area contributed by atoms with Gasteiger partial charge in [0.15, 0.2) is 5.78 Å². The quantitative estimate of drug-likeness (QED) is 0.722. The van der Waals surface area contributed by atoms with Crippen molar-refractivity contribution >= 4 is 23.3 Å². The Morgan fingerprint density at radius 3 is 1.94 bits per heavy atom. The first-order chi connectivity index (χ1) is 14.8. The minimum absolute atomic E-state index is 0.0318. The molecule has 1 aliphatic heterocycles. The van der Waals surface area contributed by atoms with Gasteiger partial charge in [0.1, 0.15) is 11.9 Å². The smallest absolute Gasteiger partial charge is 0.251 e. The van der Waals surface area contributed by atoms with Crippen LogP contribution in [-0.2, 0) is 4.79 Å². The van der Waals surface area contributed by atoms with E-state index >= 15 is 0 Å². The lowest BCUT2D eigenvalue weighted by Gasteiger charge is -2.38. The zero-order chi connectivity index (χ0) is 22.5. The molecule has 1 saturated heterocycles. The van der Waals surface area contributed by atoms with Crippen LogP contribution < -0.4 is 10.2 Å². The molecule has 6 nitrogen and oxygen atoms in total. The summed E-state index contributed by atoms with van der Waals surface area (Å²) in [7, 11) is 0. The number of benzene rings is 2. The summed E-state index contributed by atoms with van der Waals surface area (Å²) < 4.78 is 13.1. The summed E-state index contributed by atoms with van der Waals surface area (Å²) in [6, 6.07) is 12.1. The van der Waals surface area contributed by atoms with Crippen LogP contribution >= 0.6 is 0 Å². The van der Waals surface area contributed by atoms with Crippen molar-refractivity contribution in [1.29, 1.82) is 0 Å². The van der Waals surface area contributed by atoms with Gasteiger partial charge >= 0.3 is 0 Å². The number of carbonyl (C=O) groups excluding carboxylic acids is 3. The first kappa shape index (κ1) is 22.5. The van der Waals surface area contributed by atoms with Crippen molar-refractivity contribution in [2.45, 2.75) is 26.8 Å². The highest BCUT2D eigenvalue weighted by Gasteiger charge is 2.31. The molecule has 1 heterocycles. The number of anilines is 1. The molecule has 0 spiro atoms. The molecule has 1 fully saturated rings. The summed E-state index contributed by atoms with van der Waals surface area (Å²) in [5, 5.41) is 2.81. The number of rotatable bonds is 6. The summed E-state index contributed by atoms with van der Waals surface area (Å²) in [6.45, 7) is 7.75. The van der Waals surface area contributed by atoms with E-state index in [0.717, 1.165) is 5.69 Å². The molecule has 1 N–H and O–H groups in total. The van der Waals surface area contributed by atoms with Gasteiger partial charge in [-0.25, -0.2) is 4.39 Å². The maximum Gasteiger partial charge on any atom is 0.251 e. The average Bonchev–Trinajstić information content (AvgIpc) is 2.77. The van der Waals surface area contributed by atoms with Crippen molar-refractivity contribution in [2.24, 2.45) is 5.92 Å². The molecule has 0 aromatic heterocycles. The number of nitrogens with zero attached hydrogens (tertiary/aromatic N) is 2. The standard InChI is InChI=1S/C24H28FN3O3/c1-16(2)22(26-23(30)19-4-8-20(25)9-5-19)24(31)28-14-12-27(13-15-28)21-10-6-18(7-11-21)17(3)29/h4-11,16,22H,12-15H2,1-3H3,(H,26,30). The molecule has 3 rings (SSSR count). The minimum Gasteiger partial charge on any atom is -0.368 e. The van der Waals surface area contributed by atoms with E-state index in [4.69, 9.17) is 0 Å². The summed E-state index contributed by atoms with van der Waals surface area (Å²) in [4.78, 5) is 41.0. The highest BCUT2D eigenvalue weighted by Crippen LogP contribution is 2.19. The fraction of sp³-hybridized carbons (Fsp3) is 0.375. The zero-order valence-electron chi connectivity index (χ0n) is 18.1. The van der Waals surface area contributed by atoms with Gasteiger partial charge in [0.05, 0.1) is 0 Å². The average molecular weight is 426 g/mol. The largest absolute Gasteiger partial charge is 0.368 e. The molecule has 1 atom stereocenters. The second-order valence-corrected chi connectivity index (χ2v) is 8.12. The van der Waals surface area contributed by atoms with Crippen LogP contribution in [0.2, 0.25) is 0 Å². The number of Topliss-reactive ketones (excluding diaryl/α,β-unsaturated/α-hetero) is 1. The van der Waals surface area contributed by atoms with Crippen LogP contribution in [0.3, 0.4) is 0 Å². The number of hydrogen-bond acceptors (Lipinski definition) is 4. The zero-order valence-corrected chi connectivity index (χ0v) is 18.1. The Morgan fingerprint density at radius 1 is 0.871 bits per heavy atom. The number of amides is 2. The number of nitrogens with one attached hydrogen (secondary N) is 1. The SMILES string of the molecule is CC(=O)c1ccc(N2CCN(C(=O)C(NC(=O)c3ccc(F)cc3)C(C)C)CC2)cc1. The summed E-state index contributed by atoms with van der Waals surface area (Å²) in [5.41, 5.74) is 2.01. The van der Waals surface area contributed by atoms with E-state index in [1.54, 1.807) is 11.8 Å². The van der Waals surface area contributed by atoms with Crippen molar-refractivity contribution in [1.82, 2.24) is 10.2 Å². The maximum absolute atomic E-state index is 13.1. The van der Waals surface area contributed by atoms with Gasteiger partial charge in [0.25, 0.3) is 5.91 Å². The predicted molar refractivity (Wildman–Crippen MR) is 118 cm³/mol. The molecular formula is C24H28FN3O3. The summed E-state index contributed by atoms with van der Waals surface area (Å²) in [6.07, 6.45) is 0. The number of ketones is 1. The minimum atomic E-state index is -0.654. The number of halogens is 1. The van der Waals surface area contributed by atoms with Crippen molar-refractivity contribution < 1.29 is 18.8 Å². The van der Waals surface area contributed by atoms with Crippen molar-refractivity contribution in [3.05, 3.63) is 65.5 Å². The lowest BCUT2D eigenvalue weighted by atomic mass is 10.0. The van der Waals surface area contributed by atoms with E-state index < -0.39 is 17.8 Å². The van der Waals surface area contributed by atoms with Crippen LogP contribution in [-0.4, -0.2) is 54.7 Å². The molecule has 7 heteroatoms. The molecule has 0 bridgehead atoms. The van der Waals surface area contributed by atoms with Crippen LogP contribution in [0, 0.1) is 11.7 Å².